The second kappa shape index (κ2) is 3.88. The van der Waals surface area contributed by atoms with E-state index in [-0.39, 0.29) is 0 Å². The van der Waals surface area contributed by atoms with E-state index in [0.29, 0.717) is 0 Å². The predicted octanol–water partition coefficient (Wildman–Crippen LogP) is 2.73. The molecular weight excluding hydrogens is 244 g/mol. The molecule has 18 heavy (non-hydrogen) atoms. The van der Waals surface area contributed by atoms with Gasteiger partial charge in [0.2, 0.25) is 0 Å². The van der Waals surface area contributed by atoms with Gasteiger partial charge in [0, 0.05) is 0 Å². The van der Waals surface area contributed by atoms with Crippen LogP contribution in [0.4, 0.5) is 0 Å². The SMILES string of the molecule is c1csc(-c2cn3nc4c(nc3n2)CCCC4)c1. The van der Waals surface area contributed by atoms with E-state index in [1.165, 1.54) is 17.7 Å². The number of thiophene rings is 1. The van der Waals surface area contributed by atoms with Crippen molar-refractivity contribution in [3.8, 4) is 10.6 Å². The molecule has 3 heterocycles. The lowest BCUT2D eigenvalue weighted by Gasteiger charge is -2.12. The molecule has 90 valence electrons. The summed E-state index contributed by atoms with van der Waals surface area (Å²) in [4.78, 5) is 10.4. The first-order valence-electron chi connectivity index (χ1n) is 6.19. The van der Waals surface area contributed by atoms with Gasteiger partial charge in [0.1, 0.15) is 5.69 Å². The van der Waals surface area contributed by atoms with E-state index in [0.717, 1.165) is 35.7 Å². The quantitative estimate of drug-likeness (QED) is 0.672. The zero-order valence-corrected chi connectivity index (χ0v) is 10.7. The van der Waals surface area contributed by atoms with Crippen LogP contribution in [0, 0.1) is 0 Å². The second-order valence-electron chi connectivity index (χ2n) is 4.56. The molecule has 0 saturated heterocycles. The second-order valence-corrected chi connectivity index (χ2v) is 5.51. The standard InChI is InChI=1S/C13H12N4S/c1-2-5-10-9(4-1)14-13-15-11(8-17(13)16-10)12-6-3-7-18-12/h3,6-8H,1-2,4-5H2. The molecule has 0 aliphatic heterocycles. The van der Waals surface area contributed by atoms with Crippen molar-refractivity contribution < 1.29 is 0 Å². The zero-order valence-electron chi connectivity index (χ0n) is 9.83. The van der Waals surface area contributed by atoms with E-state index in [1.807, 2.05) is 16.8 Å². The highest BCUT2D eigenvalue weighted by atomic mass is 32.1. The minimum atomic E-state index is 0.721. The Hall–Kier alpha value is -1.75. The van der Waals surface area contributed by atoms with Crippen LogP contribution in [-0.2, 0) is 12.8 Å². The lowest BCUT2D eigenvalue weighted by molar-refractivity contribution is 0.628. The molecule has 4 nitrogen and oxygen atoms in total. The summed E-state index contributed by atoms with van der Waals surface area (Å²) in [6.45, 7) is 0. The van der Waals surface area contributed by atoms with Gasteiger partial charge in [-0.2, -0.15) is 5.10 Å². The van der Waals surface area contributed by atoms with Crippen LogP contribution in [0.1, 0.15) is 24.2 Å². The van der Waals surface area contributed by atoms with Gasteiger partial charge in [0.25, 0.3) is 5.78 Å². The summed E-state index contributed by atoms with van der Waals surface area (Å²) in [7, 11) is 0. The Kier molecular flexibility index (Phi) is 2.20. The molecule has 4 rings (SSSR count). The van der Waals surface area contributed by atoms with Crippen LogP contribution in [0.3, 0.4) is 0 Å². The molecule has 1 aliphatic rings. The van der Waals surface area contributed by atoms with Crippen LogP contribution in [0.5, 0.6) is 0 Å². The summed E-state index contributed by atoms with van der Waals surface area (Å²) >= 11 is 1.69. The van der Waals surface area contributed by atoms with Crippen molar-refractivity contribution in [3.63, 3.8) is 0 Å². The van der Waals surface area contributed by atoms with Gasteiger partial charge in [-0.15, -0.1) is 11.3 Å². The third-order valence-electron chi connectivity index (χ3n) is 3.32. The fourth-order valence-electron chi connectivity index (χ4n) is 2.41. The van der Waals surface area contributed by atoms with Crippen molar-refractivity contribution in [3.05, 3.63) is 35.1 Å². The Balaban J connectivity index is 1.90. The van der Waals surface area contributed by atoms with Crippen molar-refractivity contribution >= 4 is 17.1 Å². The van der Waals surface area contributed by atoms with E-state index in [9.17, 15) is 0 Å². The monoisotopic (exact) mass is 256 g/mol. The van der Waals surface area contributed by atoms with Crippen LogP contribution in [0.25, 0.3) is 16.3 Å². The summed E-state index contributed by atoms with van der Waals surface area (Å²) in [5, 5.41) is 6.70. The largest absolute Gasteiger partial charge is 0.251 e. The summed E-state index contributed by atoms with van der Waals surface area (Å²) in [5.74, 6) is 0.721. The third-order valence-corrected chi connectivity index (χ3v) is 4.21. The minimum absolute atomic E-state index is 0.721. The third kappa shape index (κ3) is 1.54. The summed E-state index contributed by atoms with van der Waals surface area (Å²) in [6, 6.07) is 4.11. The Labute approximate surface area is 108 Å². The first kappa shape index (κ1) is 10.2. The fourth-order valence-corrected chi connectivity index (χ4v) is 3.09. The van der Waals surface area contributed by atoms with Crippen LogP contribution in [-0.4, -0.2) is 19.6 Å². The number of imidazole rings is 1. The molecule has 0 atom stereocenters. The summed E-state index contributed by atoms with van der Waals surface area (Å²) in [5.41, 5.74) is 3.24. The molecule has 0 spiro atoms. The molecule has 0 fully saturated rings. The highest BCUT2D eigenvalue weighted by molar-refractivity contribution is 7.13. The number of hydrogen-bond acceptors (Lipinski definition) is 4. The average Bonchev–Trinajstić information content (AvgIpc) is 3.04. The topological polar surface area (TPSA) is 43.1 Å². The zero-order chi connectivity index (χ0) is 11.9. The molecule has 0 aromatic carbocycles. The van der Waals surface area contributed by atoms with E-state index < -0.39 is 0 Å². The Morgan fingerprint density at radius 1 is 1.11 bits per heavy atom. The number of rotatable bonds is 1. The molecule has 0 radical (unpaired) electrons. The van der Waals surface area contributed by atoms with Crippen LogP contribution in [0.2, 0.25) is 0 Å². The van der Waals surface area contributed by atoms with Gasteiger partial charge in [-0.05, 0) is 37.1 Å². The van der Waals surface area contributed by atoms with Gasteiger partial charge >= 0.3 is 0 Å². The van der Waals surface area contributed by atoms with Crippen molar-refractivity contribution in [1.29, 1.82) is 0 Å². The first-order chi connectivity index (χ1) is 8.90. The molecular formula is C13H12N4S. The summed E-state index contributed by atoms with van der Waals surface area (Å²) in [6.07, 6.45) is 6.50. The van der Waals surface area contributed by atoms with Crippen molar-refractivity contribution in [1.82, 2.24) is 19.6 Å². The molecule has 3 aromatic heterocycles. The molecule has 0 saturated carbocycles. The normalized spacial score (nSPS) is 14.9. The number of nitrogens with zero attached hydrogens (tertiary/aromatic N) is 4. The van der Waals surface area contributed by atoms with Crippen LogP contribution < -0.4 is 0 Å². The molecule has 0 N–H and O–H groups in total. The Morgan fingerprint density at radius 3 is 2.83 bits per heavy atom. The molecule has 3 aromatic rings. The highest BCUT2D eigenvalue weighted by Gasteiger charge is 2.15. The van der Waals surface area contributed by atoms with Gasteiger partial charge in [-0.1, -0.05) is 6.07 Å². The minimum Gasteiger partial charge on any atom is -0.214 e. The van der Waals surface area contributed by atoms with Gasteiger partial charge in [0.05, 0.1) is 22.5 Å². The molecule has 0 amide bonds. The lowest BCUT2D eigenvalue weighted by Crippen LogP contribution is -2.11. The molecule has 0 unspecified atom stereocenters. The van der Waals surface area contributed by atoms with Gasteiger partial charge < -0.3 is 0 Å². The van der Waals surface area contributed by atoms with E-state index in [2.05, 4.69) is 26.5 Å². The maximum absolute atomic E-state index is 4.64. The van der Waals surface area contributed by atoms with Gasteiger partial charge in [-0.25, -0.2) is 14.5 Å². The lowest BCUT2D eigenvalue weighted by atomic mass is 10.0. The van der Waals surface area contributed by atoms with E-state index >= 15 is 0 Å². The first-order valence-corrected chi connectivity index (χ1v) is 7.07. The Morgan fingerprint density at radius 2 is 2.00 bits per heavy atom. The fraction of sp³-hybridized carbons (Fsp3) is 0.308. The van der Waals surface area contributed by atoms with E-state index in [4.69, 9.17) is 0 Å². The number of aromatic nitrogens is 4. The molecule has 5 heteroatoms. The van der Waals surface area contributed by atoms with Crippen LogP contribution >= 0.6 is 11.3 Å². The smallest absolute Gasteiger partial charge is 0.214 e. The highest BCUT2D eigenvalue weighted by Crippen LogP contribution is 2.24. The summed E-state index contributed by atoms with van der Waals surface area (Å²) < 4.78 is 1.82. The number of hydrogen-bond donors (Lipinski definition) is 0. The number of fused-ring (bicyclic) bond motifs is 2. The molecule has 1 aliphatic carbocycles. The average molecular weight is 256 g/mol. The van der Waals surface area contributed by atoms with Crippen molar-refractivity contribution in [2.45, 2.75) is 25.7 Å². The van der Waals surface area contributed by atoms with Crippen molar-refractivity contribution in [2.24, 2.45) is 0 Å². The van der Waals surface area contributed by atoms with Crippen LogP contribution in [0.15, 0.2) is 23.7 Å². The maximum Gasteiger partial charge on any atom is 0.251 e. The molecule has 0 bridgehead atoms. The van der Waals surface area contributed by atoms with Gasteiger partial charge in [-0.3, -0.25) is 0 Å². The van der Waals surface area contributed by atoms with Gasteiger partial charge in [0.15, 0.2) is 0 Å². The Bertz CT molecular complexity index is 656. The maximum atomic E-state index is 4.64. The number of aryl methyl sites for hydroxylation is 2. The van der Waals surface area contributed by atoms with E-state index in [1.54, 1.807) is 11.3 Å². The van der Waals surface area contributed by atoms with Crippen molar-refractivity contribution in [2.75, 3.05) is 0 Å². The predicted molar refractivity (Wildman–Crippen MR) is 70.7 cm³/mol.